The van der Waals surface area contributed by atoms with Crippen LogP contribution in [0.5, 0.6) is 0 Å². The second kappa shape index (κ2) is 7.72. The third kappa shape index (κ3) is 3.51. The monoisotopic (exact) mass is 399 g/mol. The highest BCUT2D eigenvalue weighted by Gasteiger charge is 2.60. The zero-order chi connectivity index (χ0) is 21.0. The molecule has 2 saturated carbocycles. The number of piperidine rings is 1. The Balaban J connectivity index is 1.51. The highest BCUT2D eigenvalue weighted by molar-refractivity contribution is 5.93. The topological polar surface area (TPSA) is 29.1 Å². The first-order valence-corrected chi connectivity index (χ1v) is 12.7. The zero-order valence-corrected chi connectivity index (χ0v) is 19.9. The first kappa shape index (κ1) is 21.4. The minimum Gasteiger partial charge on any atom is -0.387 e. The summed E-state index contributed by atoms with van der Waals surface area (Å²) in [4.78, 5) is 12.3. The SMILES string of the molecule is CC(C)CCC[C@@H](C)[C@H]1CC[C@H]2[C@@H]3CNC4=CC(=O)C(C)C[C@]4(C)[C@H]3CC[C@]12C. The third-order valence-corrected chi connectivity index (χ3v) is 10.1. The van der Waals surface area contributed by atoms with Gasteiger partial charge in [0, 0.05) is 29.7 Å². The van der Waals surface area contributed by atoms with Crippen molar-refractivity contribution < 1.29 is 4.79 Å². The quantitative estimate of drug-likeness (QED) is 0.563. The van der Waals surface area contributed by atoms with Gasteiger partial charge in [0.2, 0.25) is 0 Å². The van der Waals surface area contributed by atoms with Crippen LogP contribution < -0.4 is 5.32 Å². The van der Waals surface area contributed by atoms with Crippen molar-refractivity contribution in [3.63, 3.8) is 0 Å². The van der Waals surface area contributed by atoms with E-state index < -0.39 is 0 Å². The Morgan fingerprint density at radius 2 is 1.86 bits per heavy atom. The van der Waals surface area contributed by atoms with Crippen molar-refractivity contribution in [2.75, 3.05) is 6.54 Å². The van der Waals surface area contributed by atoms with Crippen LogP contribution in [0.2, 0.25) is 0 Å². The number of hydrogen-bond donors (Lipinski definition) is 1. The van der Waals surface area contributed by atoms with Crippen molar-refractivity contribution in [1.82, 2.24) is 5.32 Å². The van der Waals surface area contributed by atoms with Gasteiger partial charge in [0.1, 0.15) is 0 Å². The van der Waals surface area contributed by atoms with Crippen LogP contribution in [0.25, 0.3) is 0 Å². The van der Waals surface area contributed by atoms with Gasteiger partial charge in [0.15, 0.2) is 5.78 Å². The van der Waals surface area contributed by atoms with Crippen LogP contribution in [0.3, 0.4) is 0 Å². The minimum absolute atomic E-state index is 0.190. The van der Waals surface area contributed by atoms with Crippen LogP contribution in [0, 0.1) is 52.3 Å². The Kier molecular flexibility index (Phi) is 5.71. The molecule has 0 aromatic rings. The van der Waals surface area contributed by atoms with E-state index in [1.807, 2.05) is 6.08 Å². The lowest BCUT2D eigenvalue weighted by molar-refractivity contribution is -0.122. The summed E-state index contributed by atoms with van der Waals surface area (Å²) in [5.74, 6) is 5.58. The standard InChI is InChI=1S/C27H45NO/c1-17(2)8-7-9-18(3)21-10-11-22-20-16-28-25-14-24(29)19(4)15-27(25,6)23(20)12-13-26(21,22)5/h14,17-23,28H,7-13,15-16H2,1-6H3/t18-,19?,20+,21-,22+,23+,26-,27-/m1/s1. The number of fused-ring (bicyclic) bond motifs is 5. The molecule has 3 fully saturated rings. The molecule has 29 heavy (non-hydrogen) atoms. The summed E-state index contributed by atoms with van der Waals surface area (Å²) in [5.41, 5.74) is 1.99. The first-order chi connectivity index (χ1) is 13.7. The number of rotatable bonds is 5. The average molecular weight is 400 g/mol. The fourth-order valence-electron chi connectivity index (χ4n) is 8.52. The minimum atomic E-state index is 0.190. The lowest BCUT2D eigenvalue weighted by Gasteiger charge is -2.59. The van der Waals surface area contributed by atoms with Crippen LogP contribution in [0.1, 0.15) is 92.9 Å². The number of carbonyl (C=O) groups is 1. The molecular weight excluding hydrogens is 354 g/mol. The predicted octanol–water partition coefficient (Wildman–Crippen LogP) is 6.61. The summed E-state index contributed by atoms with van der Waals surface area (Å²) < 4.78 is 0. The van der Waals surface area contributed by atoms with E-state index in [0.717, 1.165) is 48.5 Å². The highest BCUT2D eigenvalue weighted by atomic mass is 16.1. The van der Waals surface area contributed by atoms with Gasteiger partial charge in [-0.1, -0.05) is 60.8 Å². The lowest BCUT2D eigenvalue weighted by atomic mass is 9.48. The number of carbonyl (C=O) groups excluding carboxylic acids is 1. The van der Waals surface area contributed by atoms with Gasteiger partial charge in [0.05, 0.1) is 0 Å². The van der Waals surface area contributed by atoms with Gasteiger partial charge >= 0.3 is 0 Å². The van der Waals surface area contributed by atoms with Gasteiger partial charge in [0.25, 0.3) is 0 Å². The van der Waals surface area contributed by atoms with Gasteiger partial charge in [-0.25, -0.2) is 0 Å². The molecule has 0 aromatic heterocycles. The normalized spacial score (nSPS) is 45.1. The van der Waals surface area contributed by atoms with Gasteiger partial charge < -0.3 is 5.32 Å². The van der Waals surface area contributed by atoms with Crippen LogP contribution in [-0.4, -0.2) is 12.3 Å². The van der Waals surface area contributed by atoms with E-state index in [0.29, 0.717) is 11.2 Å². The molecule has 0 amide bonds. The van der Waals surface area contributed by atoms with Gasteiger partial charge in [-0.3, -0.25) is 4.79 Å². The molecule has 0 spiro atoms. The summed E-state index contributed by atoms with van der Waals surface area (Å²) in [5, 5.41) is 3.77. The van der Waals surface area contributed by atoms with Crippen LogP contribution in [0.15, 0.2) is 11.8 Å². The molecule has 0 bridgehead atoms. The van der Waals surface area contributed by atoms with Crippen LogP contribution >= 0.6 is 0 Å². The fourth-order valence-corrected chi connectivity index (χ4v) is 8.52. The third-order valence-electron chi connectivity index (χ3n) is 10.1. The van der Waals surface area contributed by atoms with Crippen molar-refractivity contribution in [1.29, 1.82) is 0 Å². The molecule has 1 saturated heterocycles. The fraction of sp³-hybridized carbons (Fsp3) is 0.889. The number of allylic oxidation sites excluding steroid dienone is 2. The van der Waals surface area contributed by atoms with E-state index in [2.05, 4.69) is 46.9 Å². The lowest BCUT2D eigenvalue weighted by Crippen LogP contribution is -2.57. The van der Waals surface area contributed by atoms with Crippen LogP contribution in [-0.2, 0) is 4.79 Å². The smallest absolute Gasteiger partial charge is 0.160 e. The van der Waals surface area contributed by atoms with E-state index in [4.69, 9.17) is 0 Å². The molecular formula is C27H45NO. The van der Waals surface area contributed by atoms with Crippen molar-refractivity contribution >= 4 is 5.78 Å². The summed E-state index contributed by atoms with van der Waals surface area (Å²) in [6.07, 6.45) is 12.9. The second-order valence-electron chi connectivity index (χ2n) is 12.3. The maximum atomic E-state index is 12.3. The first-order valence-electron chi connectivity index (χ1n) is 12.7. The van der Waals surface area contributed by atoms with E-state index >= 15 is 0 Å². The maximum Gasteiger partial charge on any atom is 0.160 e. The summed E-state index contributed by atoms with van der Waals surface area (Å²) in [7, 11) is 0. The molecule has 1 heterocycles. The Morgan fingerprint density at radius 3 is 2.59 bits per heavy atom. The Bertz CT molecular complexity index is 665. The molecule has 2 heteroatoms. The summed E-state index contributed by atoms with van der Waals surface area (Å²) in [6, 6.07) is 0. The molecule has 1 N–H and O–H groups in total. The van der Waals surface area contributed by atoms with E-state index in [9.17, 15) is 4.79 Å². The molecule has 8 atom stereocenters. The molecule has 3 aliphatic carbocycles. The van der Waals surface area contributed by atoms with Crippen molar-refractivity contribution in [2.45, 2.75) is 92.9 Å². The highest BCUT2D eigenvalue weighted by Crippen LogP contribution is 2.65. The van der Waals surface area contributed by atoms with E-state index in [1.54, 1.807) is 0 Å². The molecule has 1 unspecified atom stereocenters. The molecule has 4 aliphatic rings. The second-order valence-corrected chi connectivity index (χ2v) is 12.3. The Hall–Kier alpha value is -0.790. The van der Waals surface area contributed by atoms with Crippen LogP contribution in [0.4, 0.5) is 0 Å². The number of nitrogens with one attached hydrogen (secondary N) is 1. The molecule has 0 radical (unpaired) electrons. The molecule has 1 aliphatic heterocycles. The largest absolute Gasteiger partial charge is 0.387 e. The maximum absolute atomic E-state index is 12.3. The zero-order valence-electron chi connectivity index (χ0n) is 19.9. The number of hydrogen-bond acceptors (Lipinski definition) is 2. The van der Waals surface area contributed by atoms with Gasteiger partial charge in [-0.15, -0.1) is 0 Å². The molecule has 4 rings (SSSR count). The van der Waals surface area contributed by atoms with Crippen molar-refractivity contribution in [2.24, 2.45) is 52.3 Å². The van der Waals surface area contributed by atoms with Crippen molar-refractivity contribution in [3.05, 3.63) is 11.8 Å². The summed E-state index contributed by atoms with van der Waals surface area (Å²) in [6.45, 7) is 15.6. The van der Waals surface area contributed by atoms with Gasteiger partial charge in [-0.05, 0) is 73.0 Å². The van der Waals surface area contributed by atoms with E-state index in [-0.39, 0.29) is 11.3 Å². The average Bonchev–Trinajstić information content (AvgIpc) is 3.00. The van der Waals surface area contributed by atoms with Crippen molar-refractivity contribution in [3.8, 4) is 0 Å². The number of ketones is 1. The summed E-state index contributed by atoms with van der Waals surface area (Å²) >= 11 is 0. The Labute approximate surface area is 179 Å². The molecule has 164 valence electrons. The van der Waals surface area contributed by atoms with Gasteiger partial charge in [-0.2, -0.15) is 0 Å². The Morgan fingerprint density at radius 1 is 1.10 bits per heavy atom. The molecule has 2 nitrogen and oxygen atoms in total. The predicted molar refractivity (Wildman–Crippen MR) is 121 cm³/mol. The van der Waals surface area contributed by atoms with E-state index in [1.165, 1.54) is 50.6 Å². The molecule has 0 aromatic carbocycles.